The first kappa shape index (κ1) is 43.8. The van der Waals surface area contributed by atoms with Gasteiger partial charge in [0.05, 0.1) is 0 Å². The third-order valence-corrected chi connectivity index (χ3v) is 7.05. The van der Waals surface area contributed by atoms with E-state index in [1.807, 2.05) is 24.3 Å². The molecule has 0 fully saturated rings. The first-order chi connectivity index (χ1) is 20.8. The fourth-order valence-electron chi connectivity index (χ4n) is 4.88. The van der Waals surface area contributed by atoms with Gasteiger partial charge in [-0.15, -0.1) is 49.6 Å². The minimum atomic E-state index is 0. The maximum Gasteiger partial charge on any atom is 0.222 e. The number of aromatic nitrogens is 4. The number of anilines is 2. The van der Waals surface area contributed by atoms with Gasteiger partial charge in [-0.1, -0.05) is 36.4 Å². The van der Waals surface area contributed by atoms with Crippen molar-refractivity contribution in [1.29, 1.82) is 0 Å². The molecule has 0 spiro atoms. The Balaban J connectivity index is 0.000000814. The SMILES string of the molecule is Cl.Cl.Cl.Cl.O.c1cnc(NCCNCC2CCc3ccccc3O2)nc1.c1cnc(NCCNCC2CCc3ccccc3O2)nc1. The fourth-order valence-corrected chi connectivity index (χ4v) is 4.88. The standard InChI is InChI=1S/2C16H20N4O.4ClH.H2O/c2*1-2-5-15-13(4-1)6-7-14(21-15)12-17-10-11-20-16-18-8-3-9-19-16;;;;;/h2*1-5,8-9,14,17H,6-7,10-12H2,(H,18,19,20);4*1H;1H2. The van der Waals surface area contributed by atoms with Crippen LogP contribution in [0.1, 0.15) is 24.0 Å². The molecule has 0 bridgehead atoms. The van der Waals surface area contributed by atoms with Crippen LogP contribution in [0.3, 0.4) is 0 Å². The van der Waals surface area contributed by atoms with Crippen LogP contribution in [0.2, 0.25) is 0 Å². The number of halogens is 4. The molecule has 2 aliphatic heterocycles. The predicted octanol–water partition coefficient (Wildman–Crippen LogP) is 4.61. The Morgan fingerprint density at radius 1 is 0.532 bits per heavy atom. The van der Waals surface area contributed by atoms with Gasteiger partial charge >= 0.3 is 0 Å². The van der Waals surface area contributed by atoms with E-state index in [9.17, 15) is 0 Å². The molecule has 0 radical (unpaired) electrons. The molecule has 47 heavy (non-hydrogen) atoms. The Morgan fingerprint density at radius 2 is 0.915 bits per heavy atom. The normalized spacial score (nSPS) is 15.1. The zero-order valence-corrected chi connectivity index (χ0v) is 29.3. The fraction of sp³-hybridized carbons (Fsp3) is 0.375. The van der Waals surface area contributed by atoms with E-state index < -0.39 is 0 Å². The second-order valence-electron chi connectivity index (χ2n) is 10.2. The van der Waals surface area contributed by atoms with Crippen molar-refractivity contribution < 1.29 is 14.9 Å². The highest BCUT2D eigenvalue weighted by Crippen LogP contribution is 2.27. The lowest BCUT2D eigenvalue weighted by atomic mass is 10.0. The first-order valence-electron chi connectivity index (χ1n) is 14.8. The van der Waals surface area contributed by atoms with Crippen molar-refractivity contribution in [2.45, 2.75) is 37.9 Å². The molecule has 6 rings (SSSR count). The summed E-state index contributed by atoms with van der Waals surface area (Å²) >= 11 is 0. The van der Waals surface area contributed by atoms with Crippen LogP contribution in [0.4, 0.5) is 11.9 Å². The molecule has 2 aromatic heterocycles. The van der Waals surface area contributed by atoms with E-state index in [0.29, 0.717) is 11.9 Å². The Labute approximate surface area is 301 Å². The predicted molar refractivity (Wildman–Crippen MR) is 198 cm³/mol. The smallest absolute Gasteiger partial charge is 0.222 e. The molecule has 0 saturated carbocycles. The minimum absolute atomic E-state index is 0. The topological polar surface area (TPSA) is 150 Å². The average Bonchev–Trinajstić information content (AvgIpc) is 3.05. The molecule has 11 nitrogen and oxygen atoms in total. The number of para-hydroxylation sites is 2. The van der Waals surface area contributed by atoms with Gasteiger partial charge in [-0.05, 0) is 61.1 Å². The zero-order valence-electron chi connectivity index (χ0n) is 26.0. The highest BCUT2D eigenvalue weighted by Gasteiger charge is 2.19. The summed E-state index contributed by atoms with van der Waals surface area (Å²) in [5, 5.41) is 13.2. The number of aryl methyl sites for hydroxylation is 2. The Kier molecular flexibility index (Phi) is 23.3. The molecule has 0 amide bonds. The van der Waals surface area contributed by atoms with Crippen LogP contribution in [0.15, 0.2) is 85.5 Å². The summed E-state index contributed by atoms with van der Waals surface area (Å²) in [5.41, 5.74) is 2.63. The maximum absolute atomic E-state index is 5.99. The number of nitrogens with zero attached hydrogens (tertiary/aromatic N) is 4. The molecule has 0 saturated heterocycles. The van der Waals surface area contributed by atoms with E-state index in [1.165, 1.54) is 11.1 Å². The number of nitrogens with one attached hydrogen (secondary N) is 4. The number of hydrogen-bond acceptors (Lipinski definition) is 10. The lowest BCUT2D eigenvalue weighted by Crippen LogP contribution is -2.36. The summed E-state index contributed by atoms with van der Waals surface area (Å²) in [6.45, 7) is 5.05. The molecule has 2 aromatic carbocycles. The van der Waals surface area contributed by atoms with Gasteiger partial charge in [-0.3, -0.25) is 0 Å². The molecular formula is C32H46Cl4N8O3. The van der Waals surface area contributed by atoms with Crippen molar-refractivity contribution in [3.05, 3.63) is 96.6 Å². The number of rotatable bonds is 12. The van der Waals surface area contributed by atoms with Crippen molar-refractivity contribution in [1.82, 2.24) is 30.6 Å². The van der Waals surface area contributed by atoms with Crippen molar-refractivity contribution >= 4 is 61.5 Å². The van der Waals surface area contributed by atoms with Crippen LogP contribution >= 0.6 is 49.6 Å². The lowest BCUT2D eigenvalue weighted by Gasteiger charge is -2.26. The van der Waals surface area contributed by atoms with Crippen molar-refractivity contribution in [2.24, 2.45) is 0 Å². The Hall–Kier alpha value is -3.16. The van der Waals surface area contributed by atoms with Crippen LogP contribution < -0.4 is 30.7 Å². The first-order valence-corrected chi connectivity index (χ1v) is 14.8. The molecular weight excluding hydrogens is 686 g/mol. The maximum atomic E-state index is 5.99. The third-order valence-electron chi connectivity index (χ3n) is 7.05. The molecule has 2 aliphatic rings. The second kappa shape index (κ2) is 24.9. The van der Waals surface area contributed by atoms with Crippen LogP contribution in [-0.4, -0.2) is 76.9 Å². The van der Waals surface area contributed by atoms with Crippen LogP contribution in [0.5, 0.6) is 11.5 Å². The summed E-state index contributed by atoms with van der Waals surface area (Å²) in [7, 11) is 0. The van der Waals surface area contributed by atoms with E-state index in [2.05, 4.69) is 77.6 Å². The summed E-state index contributed by atoms with van der Waals surface area (Å²) in [4.78, 5) is 16.5. The number of fused-ring (bicyclic) bond motifs is 2. The lowest BCUT2D eigenvalue weighted by molar-refractivity contribution is 0.171. The van der Waals surface area contributed by atoms with E-state index in [-0.39, 0.29) is 67.3 Å². The van der Waals surface area contributed by atoms with Gasteiger partial charge in [-0.25, -0.2) is 19.9 Å². The molecule has 260 valence electrons. The highest BCUT2D eigenvalue weighted by molar-refractivity contribution is 5.86. The summed E-state index contributed by atoms with van der Waals surface area (Å²) in [6, 6.07) is 20.2. The quantitative estimate of drug-likeness (QED) is 0.152. The van der Waals surface area contributed by atoms with E-state index in [4.69, 9.17) is 9.47 Å². The summed E-state index contributed by atoms with van der Waals surface area (Å²) in [5.74, 6) is 3.40. The zero-order chi connectivity index (χ0) is 28.7. The summed E-state index contributed by atoms with van der Waals surface area (Å²) in [6.07, 6.45) is 11.8. The van der Waals surface area contributed by atoms with Crippen molar-refractivity contribution in [3.63, 3.8) is 0 Å². The van der Waals surface area contributed by atoms with Crippen molar-refractivity contribution in [3.8, 4) is 11.5 Å². The van der Waals surface area contributed by atoms with Gasteiger partial charge < -0.3 is 36.2 Å². The summed E-state index contributed by atoms with van der Waals surface area (Å²) < 4.78 is 12.0. The number of benzene rings is 2. The van der Waals surface area contributed by atoms with Gasteiger partial charge in [0.25, 0.3) is 0 Å². The van der Waals surface area contributed by atoms with E-state index in [1.54, 1.807) is 24.8 Å². The number of ether oxygens (including phenoxy) is 2. The Morgan fingerprint density at radius 3 is 1.32 bits per heavy atom. The van der Waals surface area contributed by atoms with Crippen LogP contribution in [-0.2, 0) is 12.8 Å². The molecule has 2 atom stereocenters. The van der Waals surface area contributed by atoms with Crippen molar-refractivity contribution in [2.75, 3.05) is 49.9 Å². The molecule has 15 heteroatoms. The van der Waals surface area contributed by atoms with Gasteiger partial charge in [-0.2, -0.15) is 0 Å². The monoisotopic (exact) mass is 730 g/mol. The van der Waals surface area contributed by atoms with Gasteiger partial charge in [0.1, 0.15) is 23.7 Å². The van der Waals surface area contributed by atoms with Gasteiger partial charge in [0, 0.05) is 64.1 Å². The van der Waals surface area contributed by atoms with Gasteiger partial charge in [0.15, 0.2) is 0 Å². The molecule has 0 aliphatic carbocycles. The van der Waals surface area contributed by atoms with Crippen LogP contribution in [0.25, 0.3) is 0 Å². The average molecular weight is 733 g/mol. The minimum Gasteiger partial charge on any atom is -0.489 e. The molecule has 4 aromatic rings. The van der Waals surface area contributed by atoms with E-state index >= 15 is 0 Å². The van der Waals surface area contributed by atoms with Crippen LogP contribution in [0, 0.1) is 0 Å². The molecule has 6 N–H and O–H groups in total. The molecule has 4 heterocycles. The van der Waals surface area contributed by atoms with E-state index in [0.717, 1.165) is 76.5 Å². The third kappa shape index (κ3) is 15.1. The number of hydrogen-bond donors (Lipinski definition) is 4. The highest BCUT2D eigenvalue weighted by atomic mass is 35.5. The second-order valence-corrected chi connectivity index (χ2v) is 10.2. The molecule has 2 unspecified atom stereocenters. The largest absolute Gasteiger partial charge is 0.489 e. The Bertz CT molecular complexity index is 1250. The van der Waals surface area contributed by atoms with Gasteiger partial charge in [0.2, 0.25) is 11.9 Å².